The first kappa shape index (κ1) is 8.15. The molecule has 0 aromatic carbocycles. The first-order chi connectivity index (χ1) is 4.13. The van der Waals surface area contributed by atoms with Crippen LogP contribution >= 0.6 is 31.4 Å². The molecule has 1 rings (SSSR count). The molecule has 0 amide bonds. The average molecular weight is 180 g/mol. The summed E-state index contributed by atoms with van der Waals surface area (Å²) in [4.78, 5) is 0. The van der Waals surface area contributed by atoms with Crippen molar-refractivity contribution in [2.45, 2.75) is 25.5 Å². The van der Waals surface area contributed by atoms with Crippen molar-refractivity contribution in [2.75, 3.05) is 5.75 Å². The Morgan fingerprint density at radius 3 is 2.44 bits per heavy atom. The predicted molar refractivity (Wildman–Crippen MR) is 50.9 cm³/mol. The van der Waals surface area contributed by atoms with Gasteiger partial charge in [-0.25, -0.2) is 0 Å². The van der Waals surface area contributed by atoms with Gasteiger partial charge in [-0.1, -0.05) is 28.5 Å². The van der Waals surface area contributed by atoms with Crippen molar-refractivity contribution in [1.82, 2.24) is 0 Å². The largest absolute Gasteiger partial charge is 0.0822 e. The van der Waals surface area contributed by atoms with Crippen molar-refractivity contribution in [3.63, 3.8) is 0 Å². The zero-order chi connectivity index (χ0) is 6.91. The average Bonchev–Trinajstić information content (AvgIpc) is 1.77. The fourth-order valence-electron chi connectivity index (χ4n) is 0.524. The van der Waals surface area contributed by atoms with E-state index in [1.807, 2.05) is 31.4 Å². The second kappa shape index (κ2) is 2.97. The molecule has 0 aromatic heterocycles. The maximum Gasteiger partial charge on any atom is 0.0249 e. The quantitative estimate of drug-likeness (QED) is 0.524. The first-order valence-electron chi connectivity index (χ1n) is 3.10. The van der Waals surface area contributed by atoms with Crippen LogP contribution in [-0.4, -0.2) is 10.5 Å². The highest BCUT2D eigenvalue weighted by Crippen LogP contribution is 2.52. The van der Waals surface area contributed by atoms with Gasteiger partial charge >= 0.3 is 0 Å². The molecule has 1 fully saturated rings. The molecule has 1 aliphatic rings. The summed E-state index contributed by atoms with van der Waals surface area (Å²) in [6.45, 7) is 6.99. The van der Waals surface area contributed by atoms with E-state index in [-0.39, 0.29) is 0 Å². The van der Waals surface area contributed by atoms with Crippen LogP contribution in [0.2, 0.25) is 0 Å². The highest BCUT2D eigenvalue weighted by Gasteiger charge is 2.30. The van der Waals surface area contributed by atoms with E-state index in [9.17, 15) is 0 Å². The molecule has 3 heteroatoms. The Bertz CT molecular complexity index is 100. The molecule has 54 valence electrons. The standard InChI is InChI=1S/C6H12S3/c1-5-4-7-9-8-6(5,2)3/h5H,4H2,1-3H3. The van der Waals surface area contributed by atoms with Crippen LogP contribution in [0.4, 0.5) is 0 Å². The van der Waals surface area contributed by atoms with Crippen molar-refractivity contribution in [3.8, 4) is 0 Å². The van der Waals surface area contributed by atoms with Crippen LogP contribution in [0.5, 0.6) is 0 Å². The third-order valence-corrected chi connectivity index (χ3v) is 7.10. The summed E-state index contributed by atoms with van der Waals surface area (Å²) >= 11 is 0. The summed E-state index contributed by atoms with van der Waals surface area (Å²) in [5, 5.41) is 0. The topological polar surface area (TPSA) is 0 Å². The minimum Gasteiger partial charge on any atom is -0.0822 e. The Morgan fingerprint density at radius 1 is 1.44 bits per heavy atom. The summed E-state index contributed by atoms with van der Waals surface area (Å²) in [6, 6.07) is 0. The fourth-order valence-corrected chi connectivity index (χ4v) is 6.23. The molecule has 1 atom stereocenters. The molecule has 9 heavy (non-hydrogen) atoms. The van der Waals surface area contributed by atoms with Crippen LogP contribution in [-0.2, 0) is 0 Å². The second-order valence-electron chi connectivity index (χ2n) is 2.94. The molecular weight excluding hydrogens is 168 g/mol. The zero-order valence-corrected chi connectivity index (χ0v) is 8.46. The number of rotatable bonds is 0. The van der Waals surface area contributed by atoms with Gasteiger partial charge in [0.1, 0.15) is 0 Å². The van der Waals surface area contributed by atoms with E-state index >= 15 is 0 Å². The highest BCUT2D eigenvalue weighted by atomic mass is 33.5. The summed E-state index contributed by atoms with van der Waals surface area (Å²) in [5.74, 6) is 2.17. The molecule has 1 unspecified atom stereocenters. The lowest BCUT2D eigenvalue weighted by atomic mass is 9.99. The van der Waals surface area contributed by atoms with Crippen molar-refractivity contribution in [1.29, 1.82) is 0 Å². The smallest absolute Gasteiger partial charge is 0.0249 e. The predicted octanol–water partition coefficient (Wildman–Crippen LogP) is 3.44. The molecule has 0 nitrogen and oxygen atoms in total. The van der Waals surface area contributed by atoms with E-state index in [0.717, 1.165) is 5.92 Å². The lowest BCUT2D eigenvalue weighted by Crippen LogP contribution is -2.27. The number of hydrogen-bond acceptors (Lipinski definition) is 3. The summed E-state index contributed by atoms with van der Waals surface area (Å²) in [5.41, 5.74) is 0. The van der Waals surface area contributed by atoms with Gasteiger partial charge in [0.2, 0.25) is 0 Å². The van der Waals surface area contributed by atoms with Gasteiger partial charge in [0.05, 0.1) is 0 Å². The third kappa shape index (κ3) is 1.99. The maximum absolute atomic E-state index is 2.33. The zero-order valence-electron chi connectivity index (χ0n) is 6.01. The third-order valence-electron chi connectivity index (χ3n) is 1.80. The monoisotopic (exact) mass is 180 g/mol. The lowest BCUT2D eigenvalue weighted by Gasteiger charge is -2.33. The minimum atomic E-state index is 0.496. The van der Waals surface area contributed by atoms with Gasteiger partial charge in [0.15, 0.2) is 0 Å². The Balaban J connectivity index is 2.49. The maximum atomic E-state index is 2.33. The van der Waals surface area contributed by atoms with Crippen LogP contribution in [0.1, 0.15) is 20.8 Å². The molecule has 1 aliphatic heterocycles. The minimum absolute atomic E-state index is 0.496. The molecule has 0 radical (unpaired) electrons. The van der Waals surface area contributed by atoms with Crippen molar-refractivity contribution < 1.29 is 0 Å². The van der Waals surface area contributed by atoms with Crippen LogP contribution in [0, 0.1) is 5.92 Å². The van der Waals surface area contributed by atoms with E-state index in [0.29, 0.717) is 4.75 Å². The molecule has 0 spiro atoms. The van der Waals surface area contributed by atoms with Gasteiger partial charge in [-0.3, -0.25) is 0 Å². The Hall–Kier alpha value is 1.05. The fraction of sp³-hybridized carbons (Fsp3) is 1.00. The van der Waals surface area contributed by atoms with Gasteiger partial charge < -0.3 is 0 Å². The van der Waals surface area contributed by atoms with E-state index in [1.165, 1.54) is 5.75 Å². The van der Waals surface area contributed by atoms with Crippen molar-refractivity contribution >= 4 is 31.4 Å². The van der Waals surface area contributed by atoms with Gasteiger partial charge in [-0.05, 0) is 29.6 Å². The SMILES string of the molecule is CC1CSSSC1(C)C. The van der Waals surface area contributed by atoms with E-state index in [2.05, 4.69) is 20.8 Å². The van der Waals surface area contributed by atoms with Crippen LogP contribution in [0.15, 0.2) is 0 Å². The summed E-state index contributed by atoms with van der Waals surface area (Å²) in [6.07, 6.45) is 0. The van der Waals surface area contributed by atoms with Crippen LogP contribution in [0.25, 0.3) is 0 Å². The normalized spacial score (nSPS) is 34.3. The Kier molecular flexibility index (Phi) is 2.69. The number of hydrogen-bond donors (Lipinski definition) is 0. The van der Waals surface area contributed by atoms with Crippen molar-refractivity contribution in [2.24, 2.45) is 5.92 Å². The van der Waals surface area contributed by atoms with E-state index in [4.69, 9.17) is 0 Å². The summed E-state index contributed by atoms with van der Waals surface area (Å²) in [7, 11) is 5.93. The highest BCUT2D eigenvalue weighted by molar-refractivity contribution is 9.09. The molecule has 0 aromatic rings. The van der Waals surface area contributed by atoms with Gasteiger partial charge in [0.25, 0.3) is 0 Å². The molecule has 0 aliphatic carbocycles. The van der Waals surface area contributed by atoms with Crippen LogP contribution < -0.4 is 0 Å². The van der Waals surface area contributed by atoms with Gasteiger partial charge in [-0.15, -0.1) is 0 Å². The van der Waals surface area contributed by atoms with Gasteiger partial charge in [-0.2, -0.15) is 0 Å². The lowest BCUT2D eigenvalue weighted by molar-refractivity contribution is 0.515. The Morgan fingerprint density at radius 2 is 2.11 bits per heavy atom. The van der Waals surface area contributed by atoms with Gasteiger partial charge in [0, 0.05) is 10.5 Å². The molecule has 0 N–H and O–H groups in total. The van der Waals surface area contributed by atoms with E-state index in [1.54, 1.807) is 0 Å². The molecule has 0 bridgehead atoms. The molecule has 1 heterocycles. The van der Waals surface area contributed by atoms with Crippen molar-refractivity contribution in [3.05, 3.63) is 0 Å². The first-order valence-corrected chi connectivity index (χ1v) is 6.75. The van der Waals surface area contributed by atoms with E-state index < -0.39 is 0 Å². The molecular formula is C6H12S3. The Labute approximate surface area is 68.7 Å². The second-order valence-corrected chi connectivity index (χ2v) is 7.70. The van der Waals surface area contributed by atoms with Crippen LogP contribution in [0.3, 0.4) is 0 Å². The molecule has 1 saturated heterocycles. The summed E-state index contributed by atoms with van der Waals surface area (Å²) < 4.78 is 0.496. The molecule has 0 saturated carbocycles.